The van der Waals surface area contributed by atoms with Crippen molar-refractivity contribution >= 4 is 23.9 Å². The van der Waals surface area contributed by atoms with Crippen molar-refractivity contribution in [2.45, 2.75) is 192 Å². The molecular weight excluding hydrogens is 828 g/mol. The number of hydrogen-bond acceptors (Lipinski definition) is 19. The van der Waals surface area contributed by atoms with Crippen molar-refractivity contribution in [2.24, 2.45) is 11.8 Å². The molecule has 3 aliphatic rings. The smallest absolute Gasteiger partial charge is 0.309 e. The molecule has 0 amide bonds. The number of likely N-dealkylation sites (N-methyl/N-ethyl adjacent to an activating group) is 2. The number of hydrogen-bond donors (Lipinski definition) is 2. The number of nitrogens with zero attached hydrogens (tertiary/aromatic N) is 2. The molecule has 0 radical (unpaired) electrons. The van der Waals surface area contributed by atoms with Crippen molar-refractivity contribution in [3.05, 3.63) is 0 Å². The molecule has 3 saturated heterocycles. The fourth-order valence-electron chi connectivity index (χ4n) is 8.95. The van der Waals surface area contributed by atoms with Gasteiger partial charge in [-0.15, -0.1) is 0 Å². The van der Waals surface area contributed by atoms with E-state index in [9.17, 15) is 29.4 Å². The standard InChI is InChI=1S/C44H78N2O17/c1-15-32(49)59-31-21-34(51)56-25(4)17-18-46(11)23-30(48)24(3)19-29(20-35(53-12)54-13)40(41(31)55-14)62-43-38(52)37(45(9)10)39(26(5)58-43)61-36-22-44(8,63-28(7)47)42(27(6)57-36)60-33(50)16-2/h24-27,29-31,35-43,48,52H,15-23H2,1-14H3/t24-,25-,26?,27?,29-,30+,31-,36?,37?,38?,39?,40+,41?,42?,43?,44?/m1/s1. The Morgan fingerprint density at radius 1 is 0.921 bits per heavy atom. The molecule has 0 aromatic carbocycles. The van der Waals surface area contributed by atoms with E-state index in [2.05, 4.69) is 0 Å². The van der Waals surface area contributed by atoms with Crippen LogP contribution in [0.25, 0.3) is 0 Å². The summed E-state index contributed by atoms with van der Waals surface area (Å²) in [5.74, 6) is -3.15. The van der Waals surface area contributed by atoms with Gasteiger partial charge in [-0.2, -0.15) is 0 Å². The maximum absolute atomic E-state index is 13.6. The number of rotatable bonds is 15. The van der Waals surface area contributed by atoms with E-state index in [1.165, 1.54) is 28.3 Å². The monoisotopic (exact) mass is 907 g/mol. The molecule has 3 heterocycles. The lowest BCUT2D eigenvalue weighted by molar-refractivity contribution is -0.345. The highest BCUT2D eigenvalue weighted by Gasteiger charge is 2.54. The largest absolute Gasteiger partial charge is 0.463 e. The Bertz CT molecular complexity index is 1440. The van der Waals surface area contributed by atoms with Gasteiger partial charge < -0.3 is 72.1 Å². The second-order valence-electron chi connectivity index (χ2n) is 17.8. The molecule has 0 aliphatic carbocycles. The third kappa shape index (κ3) is 15.5. The minimum Gasteiger partial charge on any atom is -0.463 e. The number of aliphatic hydroxyl groups excluding tert-OH is 2. The Balaban J connectivity index is 2.10. The summed E-state index contributed by atoms with van der Waals surface area (Å²) in [6.07, 6.45) is -11.6. The van der Waals surface area contributed by atoms with Crippen LogP contribution in [-0.4, -0.2) is 191 Å². The first-order chi connectivity index (χ1) is 29.6. The van der Waals surface area contributed by atoms with E-state index < -0.39 is 121 Å². The zero-order valence-corrected chi connectivity index (χ0v) is 40.0. The van der Waals surface area contributed by atoms with Gasteiger partial charge in [0.05, 0.1) is 36.9 Å². The molecule has 0 aromatic heterocycles. The Morgan fingerprint density at radius 2 is 1.56 bits per heavy atom. The minimum atomic E-state index is -1.39. The number of carbonyl (C=O) groups excluding carboxylic acids is 4. The number of β-amino-alcohol motifs (C(OH)–C–C–N with tert-alkyl or cyclic N) is 1. The maximum Gasteiger partial charge on any atom is 0.309 e. The number of ether oxygens (including phenoxy) is 11. The second kappa shape index (κ2) is 25.4. The first-order valence-corrected chi connectivity index (χ1v) is 22.3. The van der Waals surface area contributed by atoms with Crippen molar-refractivity contribution in [1.29, 1.82) is 0 Å². The SMILES string of the molecule is CCC(=O)OC1C(C)OC(OC2C(C)OC(O[C@@H]3C(OC)[C@H](OC(=O)CC)CC(=O)O[C@H](C)CCN(C)C[C@H](O)[C@H](C)C[C@@H]3CC(OC)OC)C(O)C2N(C)C)CC1(C)OC(C)=O. The number of esters is 4. The van der Waals surface area contributed by atoms with Crippen LogP contribution < -0.4 is 0 Å². The van der Waals surface area contributed by atoms with Crippen LogP contribution in [0.3, 0.4) is 0 Å². The van der Waals surface area contributed by atoms with E-state index in [1.807, 2.05) is 18.9 Å². The Hall–Kier alpha value is -2.56. The van der Waals surface area contributed by atoms with Gasteiger partial charge in [-0.05, 0) is 73.5 Å². The van der Waals surface area contributed by atoms with Crippen LogP contribution in [-0.2, 0) is 71.3 Å². The van der Waals surface area contributed by atoms with Crippen LogP contribution in [0.5, 0.6) is 0 Å². The summed E-state index contributed by atoms with van der Waals surface area (Å²) in [7, 11) is 9.85. The molecular formula is C44H78N2O17. The van der Waals surface area contributed by atoms with Gasteiger partial charge in [0.25, 0.3) is 0 Å². The van der Waals surface area contributed by atoms with Gasteiger partial charge in [-0.1, -0.05) is 20.8 Å². The zero-order valence-electron chi connectivity index (χ0n) is 40.0. The summed E-state index contributed by atoms with van der Waals surface area (Å²) in [6, 6.07) is -0.790. The second-order valence-corrected chi connectivity index (χ2v) is 17.8. The summed E-state index contributed by atoms with van der Waals surface area (Å²) in [6.45, 7) is 14.3. The first-order valence-electron chi connectivity index (χ1n) is 22.3. The summed E-state index contributed by atoms with van der Waals surface area (Å²) < 4.78 is 67.0. The lowest BCUT2D eigenvalue weighted by Gasteiger charge is -2.51. The van der Waals surface area contributed by atoms with Crippen LogP contribution in [0.15, 0.2) is 0 Å². The number of carbonyl (C=O) groups is 4. The van der Waals surface area contributed by atoms with Crippen molar-refractivity contribution < 1.29 is 81.5 Å². The van der Waals surface area contributed by atoms with E-state index in [1.54, 1.807) is 60.5 Å². The molecule has 366 valence electrons. The molecule has 0 bridgehead atoms. The number of cyclic esters (lactones) is 1. The quantitative estimate of drug-likeness (QED) is 0.137. The Morgan fingerprint density at radius 3 is 2.13 bits per heavy atom. The Kier molecular flexibility index (Phi) is 22.1. The van der Waals surface area contributed by atoms with Crippen molar-refractivity contribution in [3.63, 3.8) is 0 Å². The van der Waals surface area contributed by atoms with E-state index in [0.29, 0.717) is 25.9 Å². The average molecular weight is 907 g/mol. The molecule has 19 nitrogen and oxygen atoms in total. The van der Waals surface area contributed by atoms with Gasteiger partial charge >= 0.3 is 23.9 Å². The highest BCUT2D eigenvalue weighted by atomic mass is 16.7. The third-order valence-electron chi connectivity index (χ3n) is 12.3. The van der Waals surface area contributed by atoms with E-state index in [0.717, 1.165) is 0 Å². The fourth-order valence-corrected chi connectivity index (χ4v) is 8.95. The summed E-state index contributed by atoms with van der Waals surface area (Å²) in [4.78, 5) is 55.1. The molecule has 3 fully saturated rings. The number of aliphatic hydroxyl groups is 2. The zero-order chi connectivity index (χ0) is 47.3. The summed E-state index contributed by atoms with van der Waals surface area (Å²) in [5.41, 5.74) is -1.31. The van der Waals surface area contributed by atoms with E-state index in [-0.39, 0.29) is 38.0 Å². The third-order valence-corrected chi connectivity index (χ3v) is 12.3. The number of methoxy groups -OCH3 is 3. The van der Waals surface area contributed by atoms with Crippen LogP contribution >= 0.6 is 0 Å². The molecule has 2 N–H and O–H groups in total. The fraction of sp³-hybridized carbons (Fsp3) is 0.909. The lowest BCUT2D eigenvalue weighted by Crippen LogP contribution is -2.66. The Labute approximate surface area is 373 Å². The molecule has 3 rings (SSSR count). The molecule has 3 aliphatic heterocycles. The topological polar surface area (TPSA) is 217 Å². The van der Waals surface area contributed by atoms with Crippen LogP contribution in [0.1, 0.15) is 100 Å². The molecule has 0 spiro atoms. The molecule has 10 unspecified atom stereocenters. The van der Waals surface area contributed by atoms with Crippen LogP contribution in [0.4, 0.5) is 0 Å². The summed E-state index contributed by atoms with van der Waals surface area (Å²) >= 11 is 0. The lowest BCUT2D eigenvalue weighted by atomic mass is 9.82. The predicted octanol–water partition coefficient (Wildman–Crippen LogP) is 2.58. The van der Waals surface area contributed by atoms with Crippen molar-refractivity contribution in [2.75, 3.05) is 55.6 Å². The maximum atomic E-state index is 13.6. The van der Waals surface area contributed by atoms with Gasteiger partial charge in [0.1, 0.15) is 30.5 Å². The minimum absolute atomic E-state index is 0.00365. The highest BCUT2D eigenvalue weighted by Crippen LogP contribution is 2.39. The molecule has 16 atom stereocenters. The molecule has 0 saturated carbocycles. The first kappa shape index (κ1) is 54.8. The average Bonchev–Trinajstić information content (AvgIpc) is 3.20. The van der Waals surface area contributed by atoms with Gasteiger partial charge in [0.2, 0.25) is 0 Å². The molecule has 63 heavy (non-hydrogen) atoms. The highest BCUT2D eigenvalue weighted by molar-refractivity contribution is 5.72. The molecule has 19 heteroatoms. The predicted molar refractivity (Wildman–Crippen MR) is 226 cm³/mol. The van der Waals surface area contributed by atoms with Gasteiger partial charge in [-0.3, -0.25) is 19.2 Å². The normalized spacial score (nSPS) is 38.0. The van der Waals surface area contributed by atoms with Gasteiger partial charge in [-0.25, -0.2) is 0 Å². The van der Waals surface area contributed by atoms with Crippen LogP contribution in [0.2, 0.25) is 0 Å². The van der Waals surface area contributed by atoms with Crippen LogP contribution in [0, 0.1) is 11.8 Å². The van der Waals surface area contributed by atoms with E-state index >= 15 is 0 Å². The van der Waals surface area contributed by atoms with Crippen molar-refractivity contribution in [3.8, 4) is 0 Å². The summed E-state index contributed by atoms with van der Waals surface area (Å²) in [5, 5.41) is 23.9. The molecule has 0 aromatic rings. The van der Waals surface area contributed by atoms with Gasteiger partial charge in [0.15, 0.2) is 30.6 Å². The van der Waals surface area contributed by atoms with Gasteiger partial charge in [0, 0.05) is 67.0 Å². The van der Waals surface area contributed by atoms with E-state index in [4.69, 9.17) is 52.1 Å². The van der Waals surface area contributed by atoms with Crippen molar-refractivity contribution in [1.82, 2.24) is 9.80 Å².